The Morgan fingerprint density at radius 2 is 1.96 bits per heavy atom. The second-order valence-corrected chi connectivity index (χ2v) is 7.67. The minimum atomic E-state index is -4.96. The Kier molecular flexibility index (Phi) is 6.18. The number of phosphoric ester groups is 2. The van der Waals surface area contributed by atoms with Crippen LogP contribution >= 0.6 is 15.6 Å². The minimum Gasteiger partial charge on any atom is -0.349 e. The van der Waals surface area contributed by atoms with Gasteiger partial charge >= 0.3 is 21.3 Å². The molecular weight excluding hydrogens is 398 g/mol. The molecule has 0 spiro atoms. The molecule has 0 saturated carbocycles. The second-order valence-electron chi connectivity index (χ2n) is 5.24. The number of nitrogens with one attached hydrogen (secondary N) is 1. The van der Waals surface area contributed by atoms with Crippen molar-refractivity contribution in [2.24, 2.45) is 0 Å². The lowest BCUT2D eigenvalue weighted by Crippen LogP contribution is -2.33. The van der Waals surface area contributed by atoms with Gasteiger partial charge in [0.15, 0.2) is 0 Å². The lowest BCUT2D eigenvalue weighted by atomic mass is 10.2. The van der Waals surface area contributed by atoms with Crippen LogP contribution in [0.3, 0.4) is 0 Å². The van der Waals surface area contributed by atoms with Crippen molar-refractivity contribution in [2.75, 3.05) is 6.61 Å². The Bertz CT molecular complexity index is 881. The number of rotatable bonds is 7. The van der Waals surface area contributed by atoms with Gasteiger partial charge in [-0.2, -0.15) is 0 Å². The van der Waals surface area contributed by atoms with E-state index in [9.17, 15) is 18.7 Å². The van der Waals surface area contributed by atoms with Crippen molar-refractivity contribution >= 4 is 21.7 Å². The van der Waals surface area contributed by atoms with E-state index < -0.39 is 51.9 Å². The molecule has 0 bridgehead atoms. The summed E-state index contributed by atoms with van der Waals surface area (Å²) in [6.07, 6.45) is -1.73. The fourth-order valence-electron chi connectivity index (χ4n) is 2.34. The molecule has 1 fully saturated rings. The number of ether oxygens (including phenoxy) is 1. The molecule has 0 aliphatic carbocycles. The van der Waals surface area contributed by atoms with E-state index in [0.717, 1.165) is 10.8 Å². The van der Waals surface area contributed by atoms with Crippen LogP contribution in [-0.4, -0.2) is 47.9 Å². The van der Waals surface area contributed by atoms with Gasteiger partial charge in [0, 0.05) is 12.6 Å². The molecule has 1 aromatic heterocycles. The lowest BCUT2D eigenvalue weighted by molar-refractivity contribution is -0.0444. The zero-order valence-electron chi connectivity index (χ0n) is 13.0. The quantitative estimate of drug-likeness (QED) is 0.345. The highest BCUT2D eigenvalue weighted by molar-refractivity contribution is 7.46. The van der Waals surface area contributed by atoms with Gasteiger partial charge in [-0.15, -0.1) is 0 Å². The van der Waals surface area contributed by atoms with Crippen molar-refractivity contribution in [3.05, 3.63) is 39.2 Å². The number of hydrogen-bond acceptors (Lipinski definition) is 7. The maximum absolute atomic E-state index is 12.0. The summed E-state index contributed by atoms with van der Waals surface area (Å²) in [6.45, 7) is 2.66. The van der Waals surface area contributed by atoms with E-state index in [-0.39, 0.29) is 12.0 Å². The summed E-state index contributed by atoms with van der Waals surface area (Å²) < 4.78 is 37.1. The molecule has 3 atom stereocenters. The molecule has 2 heterocycles. The maximum atomic E-state index is 12.0. The molecule has 2 rings (SSSR count). The molecule has 0 aromatic carbocycles. The van der Waals surface area contributed by atoms with Crippen molar-refractivity contribution in [3.63, 3.8) is 0 Å². The molecule has 1 aliphatic heterocycles. The maximum Gasteiger partial charge on any atom is 0.469 e. The number of aromatic amines is 1. The molecule has 26 heavy (non-hydrogen) atoms. The smallest absolute Gasteiger partial charge is 0.349 e. The summed E-state index contributed by atoms with van der Waals surface area (Å²) in [4.78, 5) is 61.0. The molecule has 3 unspecified atom stereocenters. The predicted molar refractivity (Wildman–Crippen MR) is 84.9 cm³/mol. The van der Waals surface area contributed by atoms with Gasteiger partial charge in [0.05, 0.1) is 12.2 Å². The number of hydrogen-bond donors (Lipinski definition) is 5. The van der Waals surface area contributed by atoms with Crippen LogP contribution in [0.25, 0.3) is 6.08 Å². The van der Waals surface area contributed by atoms with Gasteiger partial charge in [0.25, 0.3) is 5.56 Å². The van der Waals surface area contributed by atoms with Crippen LogP contribution in [0.4, 0.5) is 0 Å². The number of nitrogens with zero attached hydrogens (tertiary/aromatic N) is 1. The normalized spacial score (nSPS) is 23.9. The molecule has 5 N–H and O–H groups in total. The van der Waals surface area contributed by atoms with Crippen molar-refractivity contribution in [2.45, 2.75) is 24.9 Å². The Hall–Kier alpha value is -1.40. The standard InChI is InChI=1S/C11H16N2O11P2/c1-2-6-4-13(11(15)12-10(6)14)9-3-7(24-26(19,20)21)8(23-9)5-22-25(16,17)18/h2,4,7-9H,1,3,5H2,(H,12,14,15)(H2,16,17,18)(H2,19,20,21). The molecule has 13 nitrogen and oxygen atoms in total. The number of aromatic nitrogens is 2. The fraction of sp³-hybridized carbons (Fsp3) is 0.455. The summed E-state index contributed by atoms with van der Waals surface area (Å²) in [5.74, 6) is 0. The van der Waals surface area contributed by atoms with Crippen LogP contribution in [0.2, 0.25) is 0 Å². The first kappa shape index (κ1) is 20.9. The van der Waals surface area contributed by atoms with Crippen molar-refractivity contribution in [3.8, 4) is 0 Å². The van der Waals surface area contributed by atoms with Crippen LogP contribution in [0, 0.1) is 0 Å². The molecule has 1 aromatic rings. The predicted octanol–water partition coefficient (Wildman–Crippen LogP) is -0.946. The minimum absolute atomic E-state index is 0.0376. The van der Waals surface area contributed by atoms with Crippen molar-refractivity contribution in [1.82, 2.24) is 9.55 Å². The molecular formula is C11H16N2O11P2. The van der Waals surface area contributed by atoms with E-state index >= 15 is 0 Å². The van der Waals surface area contributed by atoms with E-state index in [1.165, 1.54) is 6.08 Å². The Labute approximate surface area is 145 Å². The summed E-state index contributed by atoms with van der Waals surface area (Å²) in [5.41, 5.74) is -1.52. The van der Waals surface area contributed by atoms with Crippen LogP contribution in [0.5, 0.6) is 0 Å². The zero-order chi connectivity index (χ0) is 19.7. The molecule has 0 radical (unpaired) electrons. The van der Waals surface area contributed by atoms with E-state index in [1.807, 2.05) is 4.98 Å². The highest BCUT2D eigenvalue weighted by atomic mass is 31.2. The van der Waals surface area contributed by atoms with Gasteiger partial charge in [-0.05, 0) is 0 Å². The zero-order valence-corrected chi connectivity index (χ0v) is 14.8. The van der Waals surface area contributed by atoms with Crippen molar-refractivity contribution < 1.29 is 42.5 Å². The largest absolute Gasteiger partial charge is 0.469 e. The van der Waals surface area contributed by atoms with Gasteiger partial charge in [0.1, 0.15) is 18.4 Å². The second kappa shape index (κ2) is 7.69. The van der Waals surface area contributed by atoms with Gasteiger partial charge in [-0.25, -0.2) is 13.9 Å². The first-order chi connectivity index (χ1) is 11.9. The third-order valence-corrected chi connectivity index (χ3v) is 4.42. The number of H-pyrrole nitrogens is 1. The van der Waals surface area contributed by atoms with Crippen LogP contribution in [0.15, 0.2) is 22.4 Å². The number of phosphoric acid groups is 2. The third kappa shape index (κ3) is 5.55. The Balaban J connectivity index is 2.30. The first-order valence-corrected chi connectivity index (χ1v) is 10.0. The molecule has 0 amide bonds. The summed E-state index contributed by atoms with van der Waals surface area (Å²) in [6, 6.07) is 0. The van der Waals surface area contributed by atoms with Crippen LogP contribution in [0.1, 0.15) is 18.2 Å². The van der Waals surface area contributed by atoms with E-state index in [4.69, 9.17) is 24.3 Å². The average molecular weight is 414 g/mol. The first-order valence-electron chi connectivity index (χ1n) is 6.97. The average Bonchev–Trinajstić information content (AvgIpc) is 2.85. The van der Waals surface area contributed by atoms with Crippen LogP contribution in [-0.2, 0) is 22.9 Å². The highest BCUT2D eigenvalue weighted by Crippen LogP contribution is 2.44. The van der Waals surface area contributed by atoms with Gasteiger partial charge in [0.2, 0.25) is 0 Å². The summed E-state index contributed by atoms with van der Waals surface area (Å²) in [5, 5.41) is 0. The van der Waals surface area contributed by atoms with E-state index in [1.54, 1.807) is 0 Å². The van der Waals surface area contributed by atoms with Gasteiger partial charge < -0.3 is 24.3 Å². The lowest BCUT2D eigenvalue weighted by Gasteiger charge is -2.19. The molecule has 15 heteroatoms. The highest BCUT2D eigenvalue weighted by Gasteiger charge is 2.42. The Morgan fingerprint density at radius 3 is 2.50 bits per heavy atom. The topological polar surface area (TPSA) is 198 Å². The fourth-order valence-corrected chi connectivity index (χ4v) is 3.25. The SMILES string of the molecule is C=Cc1cn(C2CC(OP(=O)(O)O)C(COP(=O)(O)O)O2)c(=O)[nH]c1=O. The third-order valence-electron chi connectivity index (χ3n) is 3.39. The molecule has 1 aliphatic rings. The molecule has 146 valence electrons. The summed E-state index contributed by atoms with van der Waals surface area (Å²) in [7, 11) is -9.84. The van der Waals surface area contributed by atoms with Crippen LogP contribution < -0.4 is 11.2 Å². The van der Waals surface area contributed by atoms with Gasteiger partial charge in [-0.1, -0.05) is 12.7 Å². The Morgan fingerprint density at radius 1 is 1.31 bits per heavy atom. The van der Waals surface area contributed by atoms with E-state index in [2.05, 4.69) is 15.6 Å². The summed E-state index contributed by atoms with van der Waals surface area (Å²) >= 11 is 0. The van der Waals surface area contributed by atoms with Crippen molar-refractivity contribution in [1.29, 1.82) is 0 Å². The van der Waals surface area contributed by atoms with Gasteiger partial charge in [-0.3, -0.25) is 23.4 Å². The molecule has 1 saturated heterocycles. The monoisotopic (exact) mass is 414 g/mol. The van der Waals surface area contributed by atoms with E-state index in [0.29, 0.717) is 0 Å².